The molecule has 0 bridgehead atoms. The lowest BCUT2D eigenvalue weighted by molar-refractivity contribution is -0.899. The molecule has 0 saturated carbocycles. The fourth-order valence-corrected chi connectivity index (χ4v) is 3.86. The zero-order valence-electron chi connectivity index (χ0n) is 15.8. The molecule has 2 heterocycles. The number of benzene rings is 1. The van der Waals surface area contributed by atoms with E-state index in [1.807, 2.05) is 12.1 Å². The van der Waals surface area contributed by atoms with Crippen LogP contribution in [0.25, 0.3) is 0 Å². The third-order valence-electron chi connectivity index (χ3n) is 5.10. The third kappa shape index (κ3) is 6.33. The van der Waals surface area contributed by atoms with Crippen molar-refractivity contribution in [2.24, 2.45) is 0 Å². The van der Waals surface area contributed by atoms with E-state index in [2.05, 4.69) is 10.2 Å². The molecule has 1 saturated heterocycles. The Balaban J connectivity index is 1.58. The Morgan fingerprint density at radius 2 is 1.89 bits per heavy atom. The smallest absolute Gasteiger partial charge is 0.173 e. The average Bonchev–Trinajstić information content (AvgIpc) is 3.04. The van der Waals surface area contributed by atoms with E-state index in [-0.39, 0.29) is 5.82 Å². The van der Waals surface area contributed by atoms with Crippen molar-refractivity contribution in [3.8, 4) is 0 Å². The molecule has 0 aliphatic carbocycles. The molecular formula is C21H29FN3OS+. The minimum Gasteiger partial charge on any atom is -0.467 e. The van der Waals surface area contributed by atoms with Gasteiger partial charge in [0.15, 0.2) is 5.11 Å². The SMILES string of the molecule is Fc1ccccc1NC(=S)N(CCC[NH+]1CCCCCC1)Cc1ccco1. The molecule has 0 radical (unpaired) electrons. The number of para-hydroxylation sites is 1. The van der Waals surface area contributed by atoms with Gasteiger partial charge >= 0.3 is 0 Å². The maximum absolute atomic E-state index is 14.0. The quantitative estimate of drug-likeness (QED) is 0.710. The topological polar surface area (TPSA) is 32.9 Å². The summed E-state index contributed by atoms with van der Waals surface area (Å²) in [5.41, 5.74) is 0.407. The van der Waals surface area contributed by atoms with Gasteiger partial charge in [0.25, 0.3) is 0 Å². The monoisotopic (exact) mass is 390 g/mol. The summed E-state index contributed by atoms with van der Waals surface area (Å²) in [5, 5.41) is 3.59. The highest BCUT2D eigenvalue weighted by Gasteiger charge is 2.16. The van der Waals surface area contributed by atoms with Gasteiger partial charge in [0.1, 0.15) is 11.6 Å². The van der Waals surface area contributed by atoms with E-state index in [0.29, 0.717) is 17.3 Å². The number of halogens is 1. The predicted octanol–water partition coefficient (Wildman–Crippen LogP) is 3.47. The number of rotatable bonds is 7. The van der Waals surface area contributed by atoms with E-state index in [0.717, 1.165) is 25.3 Å². The van der Waals surface area contributed by atoms with Crippen LogP contribution in [0.15, 0.2) is 47.1 Å². The lowest BCUT2D eigenvalue weighted by Crippen LogP contribution is -3.11. The molecule has 2 aromatic rings. The molecule has 4 nitrogen and oxygen atoms in total. The Morgan fingerprint density at radius 1 is 1.11 bits per heavy atom. The highest BCUT2D eigenvalue weighted by Crippen LogP contribution is 2.15. The van der Waals surface area contributed by atoms with Gasteiger partial charge in [-0.2, -0.15) is 0 Å². The van der Waals surface area contributed by atoms with Crippen LogP contribution in [-0.4, -0.2) is 36.2 Å². The van der Waals surface area contributed by atoms with Crippen molar-refractivity contribution in [3.63, 3.8) is 0 Å². The van der Waals surface area contributed by atoms with E-state index in [1.165, 1.54) is 44.8 Å². The van der Waals surface area contributed by atoms with E-state index in [9.17, 15) is 4.39 Å². The summed E-state index contributed by atoms with van der Waals surface area (Å²) < 4.78 is 19.5. The Morgan fingerprint density at radius 3 is 2.59 bits per heavy atom. The van der Waals surface area contributed by atoms with Crippen molar-refractivity contribution in [2.75, 3.05) is 31.5 Å². The van der Waals surface area contributed by atoms with Crippen LogP contribution in [0, 0.1) is 5.82 Å². The summed E-state index contributed by atoms with van der Waals surface area (Å²) in [6, 6.07) is 10.4. The van der Waals surface area contributed by atoms with Gasteiger partial charge in [-0.25, -0.2) is 4.39 Å². The Bertz CT molecular complexity index is 699. The molecule has 0 atom stereocenters. The molecular weight excluding hydrogens is 361 g/mol. The van der Waals surface area contributed by atoms with Gasteiger partial charge in [-0.1, -0.05) is 12.1 Å². The van der Waals surface area contributed by atoms with Crippen molar-refractivity contribution >= 4 is 23.0 Å². The number of thiocarbonyl (C=S) groups is 1. The maximum atomic E-state index is 14.0. The van der Waals surface area contributed by atoms with Crippen molar-refractivity contribution in [1.82, 2.24) is 4.90 Å². The average molecular weight is 391 g/mol. The summed E-state index contributed by atoms with van der Waals surface area (Å²) in [5.74, 6) is 0.557. The number of hydrogen-bond donors (Lipinski definition) is 2. The summed E-state index contributed by atoms with van der Waals surface area (Å²) >= 11 is 5.58. The maximum Gasteiger partial charge on any atom is 0.173 e. The van der Waals surface area contributed by atoms with Gasteiger partial charge in [-0.3, -0.25) is 0 Å². The molecule has 2 N–H and O–H groups in total. The second-order valence-corrected chi connectivity index (χ2v) is 7.57. The standard InChI is InChI=1S/C21H28FN3OS/c22-19-10-3-4-11-20(19)23-21(27)25(17-18-9-7-16-26-18)15-8-14-24-12-5-1-2-6-13-24/h3-4,7,9-11,16H,1-2,5-6,8,12-15,17H2,(H,23,27)/p+1. The number of nitrogens with zero attached hydrogens (tertiary/aromatic N) is 1. The highest BCUT2D eigenvalue weighted by atomic mass is 32.1. The molecule has 1 fully saturated rings. The highest BCUT2D eigenvalue weighted by molar-refractivity contribution is 7.80. The largest absolute Gasteiger partial charge is 0.467 e. The summed E-state index contributed by atoms with van der Waals surface area (Å²) in [6.45, 7) is 5.11. The number of quaternary nitrogens is 1. The number of anilines is 1. The Labute approximate surface area is 166 Å². The van der Waals surface area contributed by atoms with E-state index in [4.69, 9.17) is 16.6 Å². The second-order valence-electron chi connectivity index (χ2n) is 7.18. The first-order valence-corrected chi connectivity index (χ1v) is 10.3. The molecule has 27 heavy (non-hydrogen) atoms. The first-order valence-electron chi connectivity index (χ1n) is 9.89. The first-order chi connectivity index (χ1) is 13.2. The molecule has 6 heteroatoms. The van der Waals surface area contributed by atoms with Crippen LogP contribution in [0.1, 0.15) is 37.9 Å². The lowest BCUT2D eigenvalue weighted by Gasteiger charge is -2.26. The third-order valence-corrected chi connectivity index (χ3v) is 5.46. The van der Waals surface area contributed by atoms with Gasteiger partial charge in [0.05, 0.1) is 38.1 Å². The van der Waals surface area contributed by atoms with Gasteiger partial charge in [0.2, 0.25) is 0 Å². The second kappa shape index (κ2) is 10.4. The number of nitrogens with one attached hydrogen (secondary N) is 2. The van der Waals surface area contributed by atoms with Crippen LogP contribution in [0.4, 0.5) is 10.1 Å². The molecule has 1 aromatic carbocycles. The van der Waals surface area contributed by atoms with Gasteiger partial charge < -0.3 is 19.5 Å². The number of likely N-dealkylation sites (tertiary alicyclic amines) is 1. The van der Waals surface area contributed by atoms with Gasteiger partial charge in [-0.15, -0.1) is 0 Å². The minimum absolute atomic E-state index is 0.299. The van der Waals surface area contributed by atoms with E-state index in [1.54, 1.807) is 29.4 Å². The zero-order valence-corrected chi connectivity index (χ0v) is 16.6. The van der Waals surface area contributed by atoms with Crippen LogP contribution in [0.3, 0.4) is 0 Å². The molecule has 0 spiro atoms. The van der Waals surface area contributed by atoms with E-state index < -0.39 is 0 Å². The minimum atomic E-state index is -0.299. The molecule has 0 unspecified atom stereocenters. The molecule has 1 aromatic heterocycles. The van der Waals surface area contributed by atoms with Crippen LogP contribution < -0.4 is 10.2 Å². The number of hydrogen-bond acceptors (Lipinski definition) is 2. The normalized spacial score (nSPS) is 15.3. The van der Waals surface area contributed by atoms with Crippen LogP contribution in [0.5, 0.6) is 0 Å². The summed E-state index contributed by atoms with van der Waals surface area (Å²) in [7, 11) is 0. The van der Waals surface area contributed by atoms with Crippen molar-refractivity contribution in [1.29, 1.82) is 0 Å². The lowest BCUT2D eigenvalue weighted by atomic mass is 10.2. The van der Waals surface area contributed by atoms with Crippen LogP contribution >= 0.6 is 12.2 Å². The first kappa shape index (κ1) is 19.8. The molecule has 1 aliphatic rings. The fourth-order valence-electron chi connectivity index (χ4n) is 3.60. The molecule has 3 rings (SSSR count). The molecule has 146 valence electrons. The molecule has 0 amide bonds. The zero-order chi connectivity index (χ0) is 18.9. The number of furan rings is 1. The van der Waals surface area contributed by atoms with Gasteiger partial charge in [-0.05, 0) is 62.2 Å². The predicted molar refractivity (Wildman–Crippen MR) is 110 cm³/mol. The fraction of sp³-hybridized carbons (Fsp3) is 0.476. The Hall–Kier alpha value is -1.92. The van der Waals surface area contributed by atoms with Crippen LogP contribution in [-0.2, 0) is 6.54 Å². The summed E-state index contributed by atoms with van der Waals surface area (Å²) in [6.07, 6.45) is 8.12. The van der Waals surface area contributed by atoms with Crippen molar-refractivity contribution in [2.45, 2.75) is 38.6 Å². The van der Waals surface area contributed by atoms with E-state index >= 15 is 0 Å². The van der Waals surface area contributed by atoms with Crippen LogP contribution in [0.2, 0.25) is 0 Å². The van der Waals surface area contributed by atoms with Gasteiger partial charge in [0, 0.05) is 13.0 Å². The van der Waals surface area contributed by atoms with Crippen molar-refractivity contribution in [3.05, 3.63) is 54.2 Å². The summed E-state index contributed by atoms with van der Waals surface area (Å²) in [4.78, 5) is 3.76. The molecule has 1 aliphatic heterocycles. The Kier molecular flexibility index (Phi) is 7.66. The van der Waals surface area contributed by atoms with Crippen molar-refractivity contribution < 1.29 is 13.7 Å².